The highest BCUT2D eigenvalue weighted by atomic mass is 35.6. The van der Waals surface area contributed by atoms with Crippen LogP contribution in [0.1, 0.15) is 13.3 Å². The summed E-state index contributed by atoms with van der Waals surface area (Å²) >= 11 is 29.3. The third kappa shape index (κ3) is 7.14. The first-order valence-electron chi connectivity index (χ1n) is 6.23. The average molecular weight is 420 g/mol. The summed E-state index contributed by atoms with van der Waals surface area (Å²) in [6.45, 7) is 1.89. The number of rotatable bonds is 4. The molecule has 0 aliphatic heterocycles. The van der Waals surface area contributed by atoms with Crippen LogP contribution >= 0.6 is 58.0 Å². The molecule has 126 valence electrons. The Morgan fingerprint density at radius 3 is 2.48 bits per heavy atom. The van der Waals surface area contributed by atoms with Crippen molar-refractivity contribution < 1.29 is 9.53 Å². The van der Waals surface area contributed by atoms with E-state index >= 15 is 0 Å². The predicted molar refractivity (Wildman–Crippen MR) is 96.7 cm³/mol. The van der Waals surface area contributed by atoms with Crippen LogP contribution in [0, 0.1) is 0 Å². The van der Waals surface area contributed by atoms with Crippen molar-refractivity contribution in [3.05, 3.63) is 28.2 Å². The van der Waals surface area contributed by atoms with Crippen molar-refractivity contribution in [1.29, 1.82) is 0 Å². The van der Waals surface area contributed by atoms with E-state index in [0.29, 0.717) is 5.02 Å². The van der Waals surface area contributed by atoms with Gasteiger partial charge in [-0.2, -0.15) is 0 Å². The molecule has 0 aliphatic rings. The minimum absolute atomic E-state index is 0.112. The smallest absolute Gasteiger partial charge is 0.313 e. The number of aliphatic imine (C=N–C) groups is 2. The largest absolute Gasteiger partial charge is 0.466 e. The molecule has 2 N–H and O–H groups in total. The zero-order chi connectivity index (χ0) is 17.6. The second-order valence-corrected chi connectivity index (χ2v) is 7.24. The summed E-state index contributed by atoms with van der Waals surface area (Å²) in [7, 11) is 0. The normalized spacial score (nSPS) is 13.1. The Morgan fingerprint density at radius 1 is 1.30 bits per heavy atom. The summed E-state index contributed by atoms with van der Waals surface area (Å²) in [6.07, 6.45) is -0.262. The molecule has 0 aromatic heterocycles. The number of halogens is 5. The molecule has 0 unspecified atom stereocenters. The molecular weight excluding hydrogens is 407 g/mol. The van der Waals surface area contributed by atoms with Gasteiger partial charge in [-0.3, -0.25) is 4.79 Å². The zero-order valence-electron chi connectivity index (χ0n) is 11.8. The number of ether oxygens (including phenoxy) is 1. The molecular formula is C13H12Cl5N3O2. The van der Waals surface area contributed by atoms with Crippen molar-refractivity contribution in [3.63, 3.8) is 0 Å². The Balaban J connectivity index is 3.15. The SMILES string of the molecule is CCOC(=O)CC(N)=NC(=Nc1ccc(Cl)cc1Cl)C(Cl)(Cl)Cl. The summed E-state index contributed by atoms with van der Waals surface area (Å²) in [4.78, 5) is 19.3. The number of carbonyl (C=O) groups excluding carboxylic acids is 1. The molecule has 0 bridgehead atoms. The van der Waals surface area contributed by atoms with Crippen molar-refractivity contribution >= 4 is 81.3 Å². The first-order valence-corrected chi connectivity index (χ1v) is 8.12. The van der Waals surface area contributed by atoms with E-state index in [1.165, 1.54) is 12.1 Å². The first kappa shape index (κ1) is 20.3. The molecule has 0 amide bonds. The van der Waals surface area contributed by atoms with Gasteiger partial charge in [0.25, 0.3) is 0 Å². The number of nitrogens with zero attached hydrogens (tertiary/aromatic N) is 2. The van der Waals surface area contributed by atoms with Crippen LogP contribution in [0.15, 0.2) is 28.2 Å². The van der Waals surface area contributed by atoms with Gasteiger partial charge in [-0.15, -0.1) is 0 Å². The van der Waals surface area contributed by atoms with Crippen LogP contribution < -0.4 is 5.73 Å². The van der Waals surface area contributed by atoms with Gasteiger partial charge >= 0.3 is 5.97 Å². The van der Waals surface area contributed by atoms with E-state index in [4.69, 9.17) is 68.5 Å². The first-order chi connectivity index (χ1) is 10.6. The third-order valence-electron chi connectivity index (χ3n) is 2.27. The van der Waals surface area contributed by atoms with Crippen LogP contribution in [0.3, 0.4) is 0 Å². The van der Waals surface area contributed by atoms with Crippen molar-refractivity contribution in [1.82, 2.24) is 0 Å². The van der Waals surface area contributed by atoms with Crippen LogP contribution in [-0.2, 0) is 9.53 Å². The van der Waals surface area contributed by atoms with Crippen LogP contribution in [0.25, 0.3) is 0 Å². The number of amidine groups is 2. The van der Waals surface area contributed by atoms with Gasteiger partial charge in [-0.05, 0) is 25.1 Å². The molecule has 1 aromatic carbocycles. The number of nitrogens with two attached hydrogens (primary N) is 1. The maximum Gasteiger partial charge on any atom is 0.313 e. The van der Waals surface area contributed by atoms with Gasteiger partial charge < -0.3 is 10.5 Å². The number of hydrogen-bond acceptors (Lipinski definition) is 3. The monoisotopic (exact) mass is 417 g/mol. The lowest BCUT2D eigenvalue weighted by Gasteiger charge is -2.12. The number of esters is 1. The van der Waals surface area contributed by atoms with Gasteiger partial charge in [0, 0.05) is 5.02 Å². The third-order valence-corrected chi connectivity index (χ3v) is 3.31. The van der Waals surface area contributed by atoms with E-state index in [-0.39, 0.29) is 35.4 Å². The van der Waals surface area contributed by atoms with Gasteiger partial charge in [0.1, 0.15) is 12.3 Å². The highest BCUT2D eigenvalue weighted by Gasteiger charge is 2.29. The van der Waals surface area contributed by atoms with Crippen molar-refractivity contribution in [2.24, 2.45) is 15.7 Å². The van der Waals surface area contributed by atoms with Crippen LogP contribution in [0.2, 0.25) is 10.0 Å². The Hall–Kier alpha value is -0.720. The van der Waals surface area contributed by atoms with Gasteiger partial charge in [0.05, 0.1) is 17.3 Å². The fraction of sp³-hybridized carbons (Fsp3) is 0.308. The summed E-state index contributed by atoms with van der Waals surface area (Å²) in [5.41, 5.74) is 5.94. The molecule has 0 fully saturated rings. The van der Waals surface area contributed by atoms with E-state index < -0.39 is 9.76 Å². The summed E-state index contributed by atoms with van der Waals surface area (Å²) in [5.74, 6) is -0.908. The lowest BCUT2D eigenvalue weighted by molar-refractivity contribution is -0.141. The van der Waals surface area contributed by atoms with Gasteiger partial charge in [0.2, 0.25) is 3.79 Å². The number of carbonyl (C=O) groups is 1. The Kier molecular flexibility index (Phi) is 7.90. The summed E-state index contributed by atoms with van der Waals surface area (Å²) in [6, 6.07) is 4.57. The Labute approximate surface area is 158 Å². The highest BCUT2D eigenvalue weighted by Crippen LogP contribution is 2.33. The number of alkyl halides is 3. The molecule has 5 nitrogen and oxygen atoms in total. The molecule has 23 heavy (non-hydrogen) atoms. The highest BCUT2D eigenvalue weighted by molar-refractivity contribution is 6.77. The predicted octanol–water partition coefficient (Wildman–Crippen LogP) is 4.70. The fourth-order valence-electron chi connectivity index (χ4n) is 1.37. The van der Waals surface area contributed by atoms with Crippen molar-refractivity contribution in [2.75, 3.05) is 6.61 Å². The molecule has 0 radical (unpaired) electrons. The van der Waals surface area contributed by atoms with E-state index in [9.17, 15) is 4.79 Å². The van der Waals surface area contributed by atoms with E-state index in [0.717, 1.165) is 0 Å². The quantitative estimate of drug-likeness (QED) is 0.332. The second-order valence-electron chi connectivity index (χ2n) is 4.11. The Bertz CT molecular complexity index is 641. The van der Waals surface area contributed by atoms with Gasteiger partial charge in [-0.1, -0.05) is 58.0 Å². The number of hydrogen-bond donors (Lipinski definition) is 1. The molecule has 0 aliphatic carbocycles. The maximum atomic E-state index is 11.4. The van der Waals surface area contributed by atoms with Gasteiger partial charge in [-0.25, -0.2) is 9.98 Å². The molecule has 1 aromatic rings. The van der Waals surface area contributed by atoms with E-state index in [1.807, 2.05) is 0 Å². The van der Waals surface area contributed by atoms with E-state index in [2.05, 4.69) is 9.98 Å². The lowest BCUT2D eigenvalue weighted by atomic mass is 10.3. The average Bonchev–Trinajstić information content (AvgIpc) is 2.39. The maximum absolute atomic E-state index is 11.4. The minimum atomic E-state index is -1.97. The molecule has 0 heterocycles. The summed E-state index contributed by atoms with van der Waals surface area (Å²) < 4.78 is 2.79. The molecule has 10 heteroatoms. The molecule has 0 saturated heterocycles. The zero-order valence-corrected chi connectivity index (χ0v) is 15.6. The molecule has 0 spiro atoms. The minimum Gasteiger partial charge on any atom is -0.466 e. The molecule has 0 atom stereocenters. The van der Waals surface area contributed by atoms with Crippen LogP contribution in [-0.4, -0.2) is 28.0 Å². The van der Waals surface area contributed by atoms with Crippen LogP contribution in [0.5, 0.6) is 0 Å². The van der Waals surface area contributed by atoms with Crippen molar-refractivity contribution in [2.45, 2.75) is 17.1 Å². The number of benzene rings is 1. The lowest BCUT2D eigenvalue weighted by Crippen LogP contribution is -2.25. The van der Waals surface area contributed by atoms with Crippen LogP contribution in [0.4, 0.5) is 5.69 Å². The van der Waals surface area contributed by atoms with Crippen molar-refractivity contribution in [3.8, 4) is 0 Å². The standard InChI is InChI=1S/C13H12Cl5N3O2/c1-2-23-11(22)6-10(19)21-12(13(16,17)18)20-9-4-3-7(14)5-8(9)15/h3-5H,2,6H2,1H3,(H2,19,20,21). The Morgan fingerprint density at radius 2 is 1.96 bits per heavy atom. The van der Waals surface area contributed by atoms with E-state index in [1.54, 1.807) is 13.0 Å². The second kappa shape index (κ2) is 8.94. The topological polar surface area (TPSA) is 77.0 Å². The van der Waals surface area contributed by atoms with Gasteiger partial charge in [0.15, 0.2) is 5.84 Å². The molecule has 1 rings (SSSR count). The molecule has 0 saturated carbocycles. The summed E-state index contributed by atoms with van der Waals surface area (Å²) in [5, 5.41) is 0.665. The fourth-order valence-corrected chi connectivity index (χ4v) is 2.08.